The van der Waals surface area contributed by atoms with Gasteiger partial charge in [0.25, 0.3) is 0 Å². The van der Waals surface area contributed by atoms with Crippen molar-refractivity contribution in [3.63, 3.8) is 0 Å². The minimum absolute atomic E-state index is 0. The van der Waals surface area contributed by atoms with E-state index in [9.17, 15) is 0 Å². The maximum Gasteiger partial charge on any atom is 0.191 e. The summed E-state index contributed by atoms with van der Waals surface area (Å²) in [5.74, 6) is 0.882. The molecule has 0 atom stereocenters. The maximum atomic E-state index is 4.69. The molecule has 1 aromatic carbocycles. The molecule has 2 N–H and O–H groups in total. The van der Waals surface area contributed by atoms with E-state index < -0.39 is 0 Å². The normalized spacial score (nSPS) is 15.8. The van der Waals surface area contributed by atoms with Crippen LogP contribution in [0.25, 0.3) is 0 Å². The largest absolute Gasteiger partial charge is 0.357 e. The number of nitrogens with zero attached hydrogens (tertiary/aromatic N) is 2. The molecule has 3 rings (SSSR count). The summed E-state index contributed by atoms with van der Waals surface area (Å²) in [4.78, 5) is 10.3. The standard InChI is InChI=1S/C19H26N4S.HI/c1-3-20-18(22-13-17-21-12-15(2)24-17)23-14-19(10-7-11-19)16-8-5-4-6-9-16;/h4-6,8-9,12H,3,7,10-11,13-14H2,1-2H3,(H2,20,22,23);1H. The Morgan fingerprint density at radius 2 is 2.00 bits per heavy atom. The van der Waals surface area contributed by atoms with Gasteiger partial charge in [0.2, 0.25) is 0 Å². The molecule has 1 aliphatic rings. The average Bonchev–Trinajstić information content (AvgIpc) is 2.98. The van der Waals surface area contributed by atoms with Crippen molar-refractivity contribution < 1.29 is 0 Å². The van der Waals surface area contributed by atoms with Crippen LogP contribution in [0, 0.1) is 6.92 Å². The molecule has 0 bridgehead atoms. The summed E-state index contributed by atoms with van der Waals surface area (Å²) in [5.41, 5.74) is 1.70. The number of aromatic nitrogens is 1. The summed E-state index contributed by atoms with van der Waals surface area (Å²) in [6.07, 6.45) is 5.71. The molecule has 1 heterocycles. The van der Waals surface area contributed by atoms with Crippen LogP contribution in [0.5, 0.6) is 0 Å². The van der Waals surface area contributed by atoms with Gasteiger partial charge in [-0.1, -0.05) is 36.8 Å². The van der Waals surface area contributed by atoms with Gasteiger partial charge in [0.15, 0.2) is 5.96 Å². The lowest BCUT2D eigenvalue weighted by atomic mass is 9.64. The lowest BCUT2D eigenvalue weighted by molar-refractivity contribution is 0.244. The van der Waals surface area contributed by atoms with E-state index in [1.807, 2.05) is 6.20 Å². The number of guanidine groups is 1. The number of aliphatic imine (C=N–C) groups is 1. The van der Waals surface area contributed by atoms with E-state index in [4.69, 9.17) is 4.99 Å². The number of halogens is 1. The fourth-order valence-corrected chi connectivity index (χ4v) is 3.89. The zero-order chi connectivity index (χ0) is 16.8. The van der Waals surface area contributed by atoms with Gasteiger partial charge in [-0.3, -0.25) is 0 Å². The van der Waals surface area contributed by atoms with Gasteiger partial charge in [0.1, 0.15) is 5.01 Å². The fraction of sp³-hybridized carbons (Fsp3) is 0.474. The molecule has 4 nitrogen and oxygen atoms in total. The van der Waals surface area contributed by atoms with E-state index >= 15 is 0 Å². The first-order valence-electron chi connectivity index (χ1n) is 8.71. The Balaban J connectivity index is 0.00000225. The van der Waals surface area contributed by atoms with E-state index in [1.54, 1.807) is 11.3 Å². The molecule has 1 fully saturated rings. The Hall–Kier alpha value is -1.15. The van der Waals surface area contributed by atoms with Gasteiger partial charge in [-0.25, -0.2) is 9.98 Å². The van der Waals surface area contributed by atoms with Gasteiger partial charge < -0.3 is 10.6 Å². The van der Waals surface area contributed by atoms with Crippen molar-refractivity contribution in [3.05, 3.63) is 52.0 Å². The van der Waals surface area contributed by atoms with E-state index in [1.165, 1.54) is 29.7 Å². The third kappa shape index (κ3) is 5.17. The summed E-state index contributed by atoms with van der Waals surface area (Å²) in [7, 11) is 0. The monoisotopic (exact) mass is 470 g/mol. The minimum atomic E-state index is 0. The Kier molecular flexibility index (Phi) is 7.68. The number of rotatable bonds is 6. The molecule has 0 saturated heterocycles. The molecule has 0 unspecified atom stereocenters. The highest BCUT2D eigenvalue weighted by Gasteiger charge is 2.38. The smallest absolute Gasteiger partial charge is 0.191 e. The zero-order valence-corrected chi connectivity index (χ0v) is 18.1. The third-order valence-electron chi connectivity index (χ3n) is 4.68. The number of hydrogen-bond donors (Lipinski definition) is 2. The highest BCUT2D eigenvalue weighted by molar-refractivity contribution is 14.0. The molecule has 0 radical (unpaired) electrons. The first kappa shape index (κ1) is 20.2. The molecule has 2 aromatic rings. The van der Waals surface area contributed by atoms with Crippen molar-refractivity contribution in [1.29, 1.82) is 0 Å². The molecule has 0 amide bonds. The van der Waals surface area contributed by atoms with Crippen LogP contribution in [-0.2, 0) is 12.0 Å². The second-order valence-corrected chi connectivity index (χ2v) is 7.73. The summed E-state index contributed by atoms with van der Waals surface area (Å²) in [5, 5.41) is 7.96. The van der Waals surface area contributed by atoms with Gasteiger partial charge >= 0.3 is 0 Å². The number of aryl methyl sites for hydroxylation is 1. The second-order valence-electron chi connectivity index (χ2n) is 6.41. The van der Waals surface area contributed by atoms with Crippen LogP contribution in [-0.4, -0.2) is 24.0 Å². The molecule has 1 aliphatic carbocycles. The van der Waals surface area contributed by atoms with Gasteiger partial charge in [0, 0.05) is 29.6 Å². The third-order valence-corrected chi connectivity index (χ3v) is 5.57. The number of hydrogen-bond acceptors (Lipinski definition) is 3. The van der Waals surface area contributed by atoms with E-state index in [2.05, 4.69) is 59.8 Å². The van der Waals surface area contributed by atoms with Crippen LogP contribution >= 0.6 is 35.3 Å². The van der Waals surface area contributed by atoms with Crippen LogP contribution < -0.4 is 10.6 Å². The second kappa shape index (κ2) is 9.52. The van der Waals surface area contributed by atoms with Gasteiger partial charge in [0.05, 0.1) is 6.54 Å². The maximum absolute atomic E-state index is 4.69. The van der Waals surface area contributed by atoms with Crippen LogP contribution in [0.3, 0.4) is 0 Å². The number of benzene rings is 1. The molecule has 1 saturated carbocycles. The molecular formula is C19H27IN4S. The average molecular weight is 470 g/mol. The molecule has 0 spiro atoms. The molecule has 25 heavy (non-hydrogen) atoms. The quantitative estimate of drug-likeness (QED) is 0.377. The summed E-state index contributed by atoms with van der Waals surface area (Å²) in [6, 6.07) is 10.9. The van der Waals surface area contributed by atoms with Crippen LogP contribution in [0.1, 0.15) is 41.6 Å². The predicted octanol–water partition coefficient (Wildman–Crippen LogP) is 4.25. The topological polar surface area (TPSA) is 49.3 Å². The SMILES string of the molecule is CCNC(=NCc1ncc(C)s1)NCC1(c2ccccc2)CCC1.I. The van der Waals surface area contributed by atoms with Crippen molar-refractivity contribution in [2.45, 2.75) is 45.1 Å². The Bertz CT molecular complexity index is 680. The molecule has 6 heteroatoms. The van der Waals surface area contributed by atoms with Crippen molar-refractivity contribution in [2.75, 3.05) is 13.1 Å². The number of thiazole rings is 1. The summed E-state index contributed by atoms with van der Waals surface area (Å²) < 4.78 is 0. The Labute approximate surface area is 171 Å². The first-order valence-corrected chi connectivity index (χ1v) is 9.52. The number of nitrogens with one attached hydrogen (secondary N) is 2. The summed E-state index contributed by atoms with van der Waals surface area (Å²) in [6.45, 7) is 6.60. The van der Waals surface area contributed by atoms with Crippen molar-refractivity contribution >= 4 is 41.3 Å². The van der Waals surface area contributed by atoms with E-state index in [0.717, 1.165) is 24.1 Å². The van der Waals surface area contributed by atoms with Gasteiger partial charge in [-0.2, -0.15) is 0 Å². The van der Waals surface area contributed by atoms with Gasteiger partial charge in [-0.15, -0.1) is 35.3 Å². The van der Waals surface area contributed by atoms with E-state index in [0.29, 0.717) is 6.54 Å². The Morgan fingerprint density at radius 1 is 1.24 bits per heavy atom. The van der Waals surface area contributed by atoms with E-state index in [-0.39, 0.29) is 29.4 Å². The van der Waals surface area contributed by atoms with Crippen LogP contribution in [0.4, 0.5) is 0 Å². The lowest BCUT2D eigenvalue weighted by Gasteiger charge is -2.43. The van der Waals surface area contributed by atoms with Crippen LogP contribution in [0.15, 0.2) is 41.5 Å². The predicted molar refractivity (Wildman–Crippen MR) is 117 cm³/mol. The molecule has 0 aliphatic heterocycles. The highest BCUT2D eigenvalue weighted by atomic mass is 127. The molecule has 1 aromatic heterocycles. The lowest BCUT2D eigenvalue weighted by Crippen LogP contribution is -2.48. The zero-order valence-electron chi connectivity index (χ0n) is 14.9. The van der Waals surface area contributed by atoms with Crippen molar-refractivity contribution in [2.24, 2.45) is 4.99 Å². The highest BCUT2D eigenvalue weighted by Crippen LogP contribution is 2.43. The van der Waals surface area contributed by atoms with Crippen molar-refractivity contribution in [1.82, 2.24) is 15.6 Å². The molecule has 136 valence electrons. The summed E-state index contributed by atoms with van der Waals surface area (Å²) >= 11 is 1.71. The Morgan fingerprint density at radius 3 is 2.56 bits per heavy atom. The minimum Gasteiger partial charge on any atom is -0.357 e. The van der Waals surface area contributed by atoms with Gasteiger partial charge in [-0.05, 0) is 32.3 Å². The van der Waals surface area contributed by atoms with Crippen LogP contribution in [0.2, 0.25) is 0 Å². The first-order chi connectivity index (χ1) is 11.7. The molecular weight excluding hydrogens is 443 g/mol. The fourth-order valence-electron chi connectivity index (χ4n) is 3.18. The van der Waals surface area contributed by atoms with Crippen molar-refractivity contribution in [3.8, 4) is 0 Å².